The van der Waals surface area contributed by atoms with E-state index in [9.17, 15) is 0 Å². The standard InChI is InChI=1S/C32H50NPS3/c1-3-5-7-9-11-13-15-21-27-35-34(36-28-22-16-14-12-10-8-6-4-2)33-29-23-17-19-25-31(29)37-32-26-20-18-24-30(32)33/h17-20,23-26H,3-16,21-22,27-28H2,1-2H3. The average molecular weight is 576 g/mol. The molecule has 206 valence electrons. The molecule has 0 saturated carbocycles. The van der Waals surface area contributed by atoms with E-state index in [1.54, 1.807) is 0 Å². The molecule has 1 heterocycles. The van der Waals surface area contributed by atoms with Crippen LogP contribution in [-0.4, -0.2) is 11.5 Å². The molecule has 5 heteroatoms. The molecule has 37 heavy (non-hydrogen) atoms. The second kappa shape index (κ2) is 19.7. The fourth-order valence-electron chi connectivity index (χ4n) is 4.77. The van der Waals surface area contributed by atoms with Crippen molar-refractivity contribution >= 4 is 52.4 Å². The zero-order valence-corrected chi connectivity index (χ0v) is 26.8. The van der Waals surface area contributed by atoms with Gasteiger partial charge < -0.3 is 4.67 Å². The Balaban J connectivity index is 1.54. The third-order valence-corrected chi connectivity index (χ3v) is 15.5. The van der Waals surface area contributed by atoms with Gasteiger partial charge in [0, 0.05) is 9.79 Å². The Morgan fingerprint density at radius 2 is 0.919 bits per heavy atom. The van der Waals surface area contributed by atoms with Gasteiger partial charge in [0.2, 0.25) is 0 Å². The van der Waals surface area contributed by atoms with Crippen LogP contribution < -0.4 is 4.67 Å². The van der Waals surface area contributed by atoms with Crippen molar-refractivity contribution in [1.29, 1.82) is 0 Å². The highest BCUT2D eigenvalue weighted by Crippen LogP contribution is 2.70. The predicted octanol–water partition coefficient (Wildman–Crippen LogP) is 13.3. The Bertz CT molecular complexity index is 794. The molecular weight excluding hydrogens is 526 g/mol. The third kappa shape index (κ3) is 11.4. The van der Waals surface area contributed by atoms with Gasteiger partial charge in [-0.15, -0.1) is 22.8 Å². The van der Waals surface area contributed by atoms with E-state index in [1.165, 1.54) is 135 Å². The number of fused-ring (bicyclic) bond motifs is 2. The van der Waals surface area contributed by atoms with Gasteiger partial charge in [0.1, 0.15) is 6.48 Å². The summed E-state index contributed by atoms with van der Waals surface area (Å²) in [6.45, 7) is 4.25. The van der Waals surface area contributed by atoms with E-state index in [1.807, 2.05) is 11.8 Å². The summed E-state index contributed by atoms with van der Waals surface area (Å²) in [5, 5.41) is 0. The van der Waals surface area contributed by atoms with E-state index in [0.29, 0.717) is 0 Å². The Morgan fingerprint density at radius 3 is 1.35 bits per heavy atom. The first-order valence-electron chi connectivity index (χ1n) is 15.1. The molecule has 1 nitrogen and oxygen atoms in total. The summed E-state index contributed by atoms with van der Waals surface area (Å²) in [4.78, 5) is 2.82. The van der Waals surface area contributed by atoms with Crippen LogP contribution in [0.2, 0.25) is 0 Å². The number of benzene rings is 2. The van der Waals surface area contributed by atoms with Crippen molar-refractivity contribution in [2.45, 2.75) is 126 Å². The maximum Gasteiger partial charge on any atom is 0.120 e. The van der Waals surface area contributed by atoms with E-state index in [2.05, 4.69) is 89.8 Å². The van der Waals surface area contributed by atoms with Gasteiger partial charge in [0.05, 0.1) is 11.4 Å². The summed E-state index contributed by atoms with van der Waals surface area (Å²) >= 11 is 6.44. The molecule has 1 aliphatic rings. The average Bonchev–Trinajstić information content (AvgIpc) is 2.93. The highest BCUT2D eigenvalue weighted by Gasteiger charge is 2.29. The summed E-state index contributed by atoms with van der Waals surface area (Å²) in [5.41, 5.74) is 2.84. The second-order valence-electron chi connectivity index (χ2n) is 10.2. The molecular formula is C32H50NPS3. The van der Waals surface area contributed by atoms with E-state index in [0.717, 1.165) is 0 Å². The summed E-state index contributed by atoms with van der Waals surface area (Å²) in [5.74, 6) is 2.58. The van der Waals surface area contributed by atoms with Gasteiger partial charge in [-0.1, -0.05) is 140 Å². The maximum absolute atomic E-state index is 2.72. The predicted molar refractivity (Wildman–Crippen MR) is 176 cm³/mol. The minimum atomic E-state index is -0.364. The Kier molecular flexibility index (Phi) is 16.7. The number of rotatable bonds is 21. The zero-order chi connectivity index (χ0) is 26.0. The van der Waals surface area contributed by atoms with Crippen molar-refractivity contribution in [1.82, 2.24) is 0 Å². The van der Waals surface area contributed by atoms with Gasteiger partial charge in [-0.25, -0.2) is 0 Å². The molecule has 0 saturated heterocycles. The third-order valence-electron chi connectivity index (χ3n) is 6.97. The van der Waals surface area contributed by atoms with E-state index >= 15 is 0 Å². The van der Waals surface area contributed by atoms with E-state index < -0.39 is 0 Å². The minimum Gasteiger partial charge on any atom is -0.300 e. The minimum absolute atomic E-state index is 0.364. The van der Waals surface area contributed by atoms with Crippen LogP contribution in [0.15, 0.2) is 58.3 Å². The van der Waals surface area contributed by atoms with Crippen LogP contribution >= 0.6 is 41.0 Å². The van der Waals surface area contributed by atoms with Gasteiger partial charge in [0.15, 0.2) is 0 Å². The Morgan fingerprint density at radius 1 is 0.541 bits per heavy atom. The van der Waals surface area contributed by atoms with Crippen LogP contribution in [0.3, 0.4) is 0 Å². The Hall–Kier alpha value is -0.280. The van der Waals surface area contributed by atoms with Crippen molar-refractivity contribution in [3.8, 4) is 0 Å². The normalized spacial score (nSPS) is 12.7. The lowest BCUT2D eigenvalue weighted by Crippen LogP contribution is -2.13. The lowest BCUT2D eigenvalue weighted by Gasteiger charge is -2.37. The topological polar surface area (TPSA) is 3.24 Å². The number of para-hydroxylation sites is 2. The summed E-state index contributed by atoms with van der Waals surface area (Å²) < 4.78 is 2.72. The molecule has 2 aromatic carbocycles. The van der Waals surface area contributed by atoms with Gasteiger partial charge in [0.25, 0.3) is 0 Å². The number of nitrogens with zero attached hydrogens (tertiary/aromatic N) is 1. The van der Waals surface area contributed by atoms with Gasteiger partial charge in [-0.2, -0.15) is 0 Å². The van der Waals surface area contributed by atoms with Crippen molar-refractivity contribution in [2.24, 2.45) is 0 Å². The first-order valence-corrected chi connectivity index (χ1v) is 20.4. The molecule has 0 aromatic heterocycles. The van der Waals surface area contributed by atoms with Crippen LogP contribution in [0, 0.1) is 0 Å². The zero-order valence-electron chi connectivity index (χ0n) is 23.5. The van der Waals surface area contributed by atoms with E-state index in [-0.39, 0.29) is 6.48 Å². The molecule has 0 bridgehead atoms. The van der Waals surface area contributed by atoms with Gasteiger partial charge >= 0.3 is 0 Å². The second-order valence-corrected chi connectivity index (χ2v) is 17.8. The van der Waals surface area contributed by atoms with Gasteiger partial charge in [-0.3, -0.25) is 0 Å². The lowest BCUT2D eigenvalue weighted by atomic mass is 10.1. The van der Waals surface area contributed by atoms with Crippen molar-refractivity contribution < 1.29 is 0 Å². The summed E-state index contributed by atoms with van der Waals surface area (Å²) in [7, 11) is 0. The van der Waals surface area contributed by atoms with Crippen LogP contribution in [-0.2, 0) is 0 Å². The number of unbranched alkanes of at least 4 members (excludes halogenated alkanes) is 14. The summed E-state index contributed by atoms with van der Waals surface area (Å²) in [6, 6.07) is 18.2. The Labute approximate surface area is 242 Å². The molecule has 0 fully saturated rings. The van der Waals surface area contributed by atoms with Crippen LogP contribution in [0.1, 0.15) is 117 Å². The molecule has 3 rings (SSSR count). The molecule has 2 aromatic rings. The van der Waals surface area contributed by atoms with Crippen molar-refractivity contribution in [3.05, 3.63) is 48.5 Å². The van der Waals surface area contributed by atoms with Crippen molar-refractivity contribution in [2.75, 3.05) is 16.2 Å². The number of hydrogen-bond donors (Lipinski definition) is 0. The fraction of sp³-hybridized carbons (Fsp3) is 0.625. The molecule has 0 aliphatic carbocycles. The molecule has 0 spiro atoms. The highest BCUT2D eigenvalue weighted by molar-refractivity contribution is 8.88. The number of hydrogen-bond acceptors (Lipinski definition) is 4. The molecule has 0 N–H and O–H groups in total. The largest absolute Gasteiger partial charge is 0.300 e. The van der Waals surface area contributed by atoms with Crippen molar-refractivity contribution in [3.63, 3.8) is 0 Å². The van der Waals surface area contributed by atoms with Crippen LogP contribution in [0.25, 0.3) is 0 Å². The molecule has 1 aliphatic heterocycles. The molecule has 0 unspecified atom stereocenters. The smallest absolute Gasteiger partial charge is 0.120 e. The first-order chi connectivity index (χ1) is 18.3. The maximum atomic E-state index is 2.72. The molecule has 0 radical (unpaired) electrons. The fourth-order valence-corrected chi connectivity index (χ4v) is 13.6. The first kappa shape index (κ1) is 31.3. The summed E-state index contributed by atoms with van der Waals surface area (Å²) in [6.07, 6.45) is 22.4. The van der Waals surface area contributed by atoms with Crippen LogP contribution in [0.4, 0.5) is 11.4 Å². The highest BCUT2D eigenvalue weighted by atomic mass is 33.1. The lowest BCUT2D eigenvalue weighted by molar-refractivity contribution is 0.586. The van der Waals surface area contributed by atoms with Gasteiger partial charge in [-0.05, 0) is 48.6 Å². The number of anilines is 2. The molecule has 0 atom stereocenters. The molecule has 0 amide bonds. The monoisotopic (exact) mass is 575 g/mol. The quantitative estimate of drug-likeness (QED) is 0.107. The SMILES string of the molecule is CCCCCCCCCCSP(SCCCCCCCCCC)N1c2ccccc2Sc2ccccc21. The van der Waals surface area contributed by atoms with E-state index in [4.69, 9.17) is 0 Å². The van der Waals surface area contributed by atoms with Crippen LogP contribution in [0.5, 0.6) is 0 Å².